The number of nitrogens with zero attached hydrogens (tertiary/aromatic N) is 1. The third-order valence-corrected chi connectivity index (χ3v) is 7.27. The van der Waals surface area contributed by atoms with Crippen molar-refractivity contribution in [2.45, 2.75) is 12.5 Å². The van der Waals surface area contributed by atoms with E-state index in [1.54, 1.807) is 54.6 Å². The van der Waals surface area contributed by atoms with Gasteiger partial charge in [0.1, 0.15) is 23.4 Å². The first-order valence-corrected chi connectivity index (χ1v) is 12.0. The molecule has 0 saturated carbocycles. The number of rotatable bonds is 7. The Balaban J connectivity index is 1.44. The van der Waals surface area contributed by atoms with Crippen molar-refractivity contribution in [3.8, 4) is 27.7 Å². The SMILES string of the molecule is C=CCN1CC[C@@H](Oc2ccc(C(=O)c3c(-c4ccc(O)cc4)sc4cc(O)ccc34)cc2)C1. The third-order valence-electron chi connectivity index (χ3n) is 6.07. The number of phenols is 2. The molecule has 1 atom stereocenters. The molecule has 1 aliphatic rings. The number of aromatic hydroxyl groups is 2. The van der Waals surface area contributed by atoms with Crippen LogP contribution in [0, 0.1) is 0 Å². The Morgan fingerprint density at radius 2 is 1.79 bits per heavy atom. The van der Waals surface area contributed by atoms with Crippen molar-refractivity contribution in [2.24, 2.45) is 0 Å². The highest BCUT2D eigenvalue weighted by molar-refractivity contribution is 7.22. The normalized spacial score (nSPS) is 16.1. The quantitative estimate of drug-likeness (QED) is 0.261. The van der Waals surface area contributed by atoms with Crippen molar-refractivity contribution in [1.29, 1.82) is 0 Å². The molecule has 172 valence electrons. The van der Waals surface area contributed by atoms with Gasteiger partial charge in [0.05, 0.1) is 0 Å². The second kappa shape index (κ2) is 9.33. The number of thiophene rings is 1. The summed E-state index contributed by atoms with van der Waals surface area (Å²) in [5.74, 6) is 0.983. The number of phenolic OH excluding ortho intramolecular Hbond substituents is 2. The molecule has 1 aliphatic heterocycles. The van der Waals surface area contributed by atoms with Crippen LogP contribution in [0.4, 0.5) is 0 Å². The number of likely N-dealkylation sites (tertiary alicyclic amines) is 1. The van der Waals surface area contributed by atoms with Gasteiger partial charge in [-0.1, -0.05) is 6.08 Å². The summed E-state index contributed by atoms with van der Waals surface area (Å²) in [7, 11) is 0. The molecule has 6 heteroatoms. The lowest BCUT2D eigenvalue weighted by atomic mass is 9.97. The molecule has 2 N–H and O–H groups in total. The molecule has 0 radical (unpaired) electrons. The molecule has 3 aromatic carbocycles. The molecule has 1 saturated heterocycles. The molecular weight excluding hydrogens is 446 g/mol. The van der Waals surface area contributed by atoms with Gasteiger partial charge < -0.3 is 14.9 Å². The van der Waals surface area contributed by atoms with Crippen LogP contribution in [0.3, 0.4) is 0 Å². The Morgan fingerprint density at radius 1 is 1.06 bits per heavy atom. The van der Waals surface area contributed by atoms with Crippen LogP contribution in [-0.2, 0) is 0 Å². The summed E-state index contributed by atoms with van der Waals surface area (Å²) in [6.07, 6.45) is 3.01. The maximum Gasteiger partial charge on any atom is 0.195 e. The zero-order chi connectivity index (χ0) is 23.7. The van der Waals surface area contributed by atoms with E-state index in [-0.39, 0.29) is 23.4 Å². The van der Waals surface area contributed by atoms with Gasteiger partial charge in [-0.3, -0.25) is 9.69 Å². The van der Waals surface area contributed by atoms with Gasteiger partial charge in [-0.25, -0.2) is 0 Å². The predicted octanol–water partition coefficient (Wildman–Crippen LogP) is 5.85. The molecule has 0 spiro atoms. The molecular formula is C28H25NO4S. The minimum absolute atomic E-state index is 0.0930. The van der Waals surface area contributed by atoms with Gasteiger partial charge in [0.15, 0.2) is 5.78 Å². The Morgan fingerprint density at radius 3 is 2.53 bits per heavy atom. The number of hydrogen-bond donors (Lipinski definition) is 2. The average Bonchev–Trinajstić information content (AvgIpc) is 3.43. The fourth-order valence-electron chi connectivity index (χ4n) is 4.39. The van der Waals surface area contributed by atoms with Crippen LogP contribution in [0.25, 0.3) is 20.5 Å². The number of benzene rings is 3. The monoisotopic (exact) mass is 471 g/mol. The Labute approximate surface area is 202 Å². The molecule has 0 bridgehead atoms. The third kappa shape index (κ3) is 4.42. The number of fused-ring (bicyclic) bond motifs is 1. The molecule has 0 unspecified atom stereocenters. The van der Waals surface area contributed by atoms with Crippen LogP contribution >= 0.6 is 11.3 Å². The summed E-state index contributed by atoms with van der Waals surface area (Å²) in [6, 6.07) is 19.2. The van der Waals surface area contributed by atoms with E-state index in [9.17, 15) is 15.0 Å². The van der Waals surface area contributed by atoms with E-state index in [2.05, 4.69) is 11.5 Å². The fraction of sp³-hybridized carbons (Fsp3) is 0.179. The van der Waals surface area contributed by atoms with Crippen molar-refractivity contribution < 1.29 is 19.7 Å². The van der Waals surface area contributed by atoms with Crippen LogP contribution in [0.1, 0.15) is 22.3 Å². The Hall–Kier alpha value is -3.61. The van der Waals surface area contributed by atoms with E-state index >= 15 is 0 Å². The van der Waals surface area contributed by atoms with E-state index in [1.807, 2.05) is 18.2 Å². The lowest BCUT2D eigenvalue weighted by Crippen LogP contribution is -2.24. The summed E-state index contributed by atoms with van der Waals surface area (Å²) in [4.78, 5) is 16.8. The molecule has 0 aliphatic carbocycles. The number of ketones is 1. The minimum Gasteiger partial charge on any atom is -0.508 e. The summed E-state index contributed by atoms with van der Waals surface area (Å²) in [6.45, 7) is 6.53. The van der Waals surface area contributed by atoms with E-state index in [4.69, 9.17) is 4.74 Å². The van der Waals surface area contributed by atoms with E-state index < -0.39 is 0 Å². The molecule has 2 heterocycles. The van der Waals surface area contributed by atoms with Crippen molar-refractivity contribution >= 4 is 27.2 Å². The predicted molar refractivity (Wildman–Crippen MR) is 136 cm³/mol. The smallest absolute Gasteiger partial charge is 0.195 e. The fourth-order valence-corrected chi connectivity index (χ4v) is 5.63. The summed E-state index contributed by atoms with van der Waals surface area (Å²) < 4.78 is 6.96. The Bertz CT molecular complexity index is 1340. The lowest BCUT2D eigenvalue weighted by Gasteiger charge is -2.15. The molecule has 34 heavy (non-hydrogen) atoms. The molecule has 4 aromatic rings. The van der Waals surface area contributed by atoms with Crippen molar-refractivity contribution in [3.05, 3.63) is 90.5 Å². The highest BCUT2D eigenvalue weighted by Gasteiger charge is 2.24. The van der Waals surface area contributed by atoms with E-state index in [0.717, 1.165) is 52.3 Å². The van der Waals surface area contributed by atoms with Gasteiger partial charge in [-0.2, -0.15) is 0 Å². The Kier molecular flexibility index (Phi) is 6.09. The number of carbonyl (C=O) groups is 1. The highest BCUT2D eigenvalue weighted by Crippen LogP contribution is 2.41. The molecule has 5 nitrogen and oxygen atoms in total. The van der Waals surface area contributed by atoms with Gasteiger partial charge in [-0.05, 0) is 78.7 Å². The largest absolute Gasteiger partial charge is 0.508 e. The van der Waals surface area contributed by atoms with Gasteiger partial charge in [0, 0.05) is 45.7 Å². The second-order valence-corrected chi connectivity index (χ2v) is 9.52. The summed E-state index contributed by atoms with van der Waals surface area (Å²) >= 11 is 1.45. The van der Waals surface area contributed by atoms with E-state index in [0.29, 0.717) is 11.1 Å². The molecule has 0 amide bonds. The molecule has 1 fully saturated rings. The lowest BCUT2D eigenvalue weighted by molar-refractivity contribution is 0.104. The maximum absolute atomic E-state index is 13.7. The second-order valence-electron chi connectivity index (χ2n) is 8.46. The topological polar surface area (TPSA) is 70.0 Å². The van der Waals surface area contributed by atoms with Gasteiger partial charge in [-0.15, -0.1) is 17.9 Å². The first kappa shape index (κ1) is 22.2. The van der Waals surface area contributed by atoms with Gasteiger partial charge >= 0.3 is 0 Å². The first-order chi connectivity index (χ1) is 16.5. The number of carbonyl (C=O) groups excluding carboxylic acids is 1. The van der Waals surface area contributed by atoms with Crippen molar-refractivity contribution in [2.75, 3.05) is 19.6 Å². The minimum atomic E-state index is -0.0930. The average molecular weight is 472 g/mol. The summed E-state index contributed by atoms with van der Waals surface area (Å²) in [5, 5.41) is 20.4. The van der Waals surface area contributed by atoms with Crippen LogP contribution < -0.4 is 4.74 Å². The maximum atomic E-state index is 13.7. The summed E-state index contributed by atoms with van der Waals surface area (Å²) in [5.41, 5.74) is 2.00. The van der Waals surface area contributed by atoms with E-state index in [1.165, 1.54) is 11.3 Å². The van der Waals surface area contributed by atoms with Gasteiger partial charge in [0.25, 0.3) is 0 Å². The van der Waals surface area contributed by atoms with Crippen LogP contribution in [0.15, 0.2) is 79.4 Å². The van der Waals surface area contributed by atoms with Crippen molar-refractivity contribution in [1.82, 2.24) is 4.90 Å². The molecule has 5 rings (SSSR count). The van der Waals surface area contributed by atoms with Crippen LogP contribution in [0.5, 0.6) is 17.2 Å². The zero-order valence-corrected chi connectivity index (χ0v) is 19.4. The number of ether oxygens (including phenoxy) is 1. The highest BCUT2D eigenvalue weighted by atomic mass is 32.1. The first-order valence-electron chi connectivity index (χ1n) is 11.2. The van der Waals surface area contributed by atoms with Gasteiger partial charge in [0.2, 0.25) is 0 Å². The number of hydrogen-bond acceptors (Lipinski definition) is 6. The molecule has 1 aromatic heterocycles. The van der Waals surface area contributed by atoms with Crippen LogP contribution in [-0.4, -0.2) is 46.6 Å². The standard InChI is InChI=1S/C28H25NO4S/c1-2-14-29-15-13-23(17-29)33-22-10-5-18(6-11-22)27(32)26-24-12-9-21(31)16-25(24)34-28(26)19-3-7-20(30)8-4-19/h2-12,16,23,30-31H,1,13-15,17H2/t23-/m1/s1. The van der Waals surface area contributed by atoms with Crippen LogP contribution in [0.2, 0.25) is 0 Å². The zero-order valence-electron chi connectivity index (χ0n) is 18.6. The van der Waals surface area contributed by atoms with Crippen molar-refractivity contribution in [3.63, 3.8) is 0 Å².